The standard InChI is InChI=1S/C20H20Cl2N6O3S/c1-12(26(2)3)19-24-25-20(27(19)15-7-4-13(21)5-8-15)32-11-18(29)23-14-6-9-16(22)17(10-14)28(30)31/h4-10,12H,11H2,1-3H3,(H,23,29). The topological polar surface area (TPSA) is 106 Å². The van der Waals surface area contributed by atoms with Crippen molar-refractivity contribution in [1.29, 1.82) is 0 Å². The van der Waals surface area contributed by atoms with Crippen LogP contribution in [0.15, 0.2) is 47.6 Å². The lowest BCUT2D eigenvalue weighted by Crippen LogP contribution is -2.21. The van der Waals surface area contributed by atoms with Gasteiger partial charge < -0.3 is 5.32 Å². The number of nitro groups is 1. The third kappa shape index (κ3) is 5.57. The molecule has 1 heterocycles. The normalized spacial score (nSPS) is 12.1. The predicted molar refractivity (Wildman–Crippen MR) is 126 cm³/mol. The number of anilines is 1. The molecule has 0 aliphatic heterocycles. The van der Waals surface area contributed by atoms with Crippen molar-refractivity contribution < 1.29 is 9.72 Å². The summed E-state index contributed by atoms with van der Waals surface area (Å²) in [7, 11) is 3.88. The molecular weight excluding hydrogens is 475 g/mol. The minimum Gasteiger partial charge on any atom is -0.325 e. The number of hydrogen-bond donors (Lipinski definition) is 1. The van der Waals surface area contributed by atoms with Gasteiger partial charge in [0.15, 0.2) is 11.0 Å². The average molecular weight is 495 g/mol. The molecule has 0 aliphatic carbocycles. The third-order valence-electron chi connectivity index (χ3n) is 4.65. The van der Waals surface area contributed by atoms with Crippen LogP contribution in [0.5, 0.6) is 0 Å². The average Bonchev–Trinajstić information content (AvgIpc) is 3.17. The van der Waals surface area contributed by atoms with Crippen LogP contribution < -0.4 is 5.32 Å². The number of amides is 1. The quantitative estimate of drug-likeness (QED) is 0.271. The smallest absolute Gasteiger partial charge is 0.289 e. The molecule has 0 fully saturated rings. The molecule has 2 aromatic carbocycles. The lowest BCUT2D eigenvalue weighted by Gasteiger charge is -2.20. The first-order valence-electron chi connectivity index (χ1n) is 9.41. The van der Waals surface area contributed by atoms with Crippen molar-refractivity contribution in [2.24, 2.45) is 0 Å². The zero-order valence-electron chi connectivity index (χ0n) is 17.5. The van der Waals surface area contributed by atoms with Gasteiger partial charge in [-0.3, -0.25) is 24.4 Å². The van der Waals surface area contributed by atoms with Crippen LogP contribution >= 0.6 is 35.0 Å². The van der Waals surface area contributed by atoms with Crippen LogP contribution in [0.4, 0.5) is 11.4 Å². The predicted octanol–water partition coefficient (Wildman–Crippen LogP) is 4.84. The fourth-order valence-electron chi connectivity index (χ4n) is 2.77. The number of benzene rings is 2. The molecule has 0 saturated heterocycles. The van der Waals surface area contributed by atoms with Crippen molar-refractivity contribution in [1.82, 2.24) is 19.7 Å². The van der Waals surface area contributed by atoms with E-state index in [2.05, 4.69) is 15.5 Å². The molecule has 168 valence electrons. The van der Waals surface area contributed by atoms with Gasteiger partial charge in [0, 0.05) is 22.5 Å². The van der Waals surface area contributed by atoms with E-state index in [1.165, 1.54) is 30.0 Å². The van der Waals surface area contributed by atoms with E-state index in [1.54, 1.807) is 12.1 Å². The van der Waals surface area contributed by atoms with Crippen LogP contribution in [0.2, 0.25) is 10.0 Å². The van der Waals surface area contributed by atoms with Gasteiger partial charge in [0.2, 0.25) is 5.91 Å². The molecule has 0 aliphatic rings. The minimum atomic E-state index is -0.602. The van der Waals surface area contributed by atoms with Crippen molar-refractivity contribution in [2.75, 3.05) is 25.2 Å². The van der Waals surface area contributed by atoms with Gasteiger partial charge >= 0.3 is 0 Å². The first-order valence-corrected chi connectivity index (χ1v) is 11.2. The first-order chi connectivity index (χ1) is 15.2. The van der Waals surface area contributed by atoms with Crippen molar-refractivity contribution in [2.45, 2.75) is 18.1 Å². The van der Waals surface area contributed by atoms with Crippen LogP contribution in [0, 0.1) is 10.1 Å². The molecule has 1 aromatic heterocycles. The molecule has 3 aromatic rings. The first kappa shape index (κ1) is 24.0. The molecule has 1 N–H and O–H groups in total. The Kier molecular flexibility index (Phi) is 7.73. The van der Waals surface area contributed by atoms with Gasteiger partial charge in [-0.2, -0.15) is 0 Å². The Labute approximate surface area is 198 Å². The summed E-state index contributed by atoms with van der Waals surface area (Å²) in [6.07, 6.45) is 0. The Morgan fingerprint density at radius 3 is 2.53 bits per heavy atom. The summed E-state index contributed by atoms with van der Waals surface area (Å²) in [6.45, 7) is 2.00. The highest BCUT2D eigenvalue weighted by Gasteiger charge is 2.22. The largest absolute Gasteiger partial charge is 0.325 e. The second-order valence-electron chi connectivity index (χ2n) is 7.05. The van der Waals surface area contributed by atoms with Gasteiger partial charge in [0.05, 0.1) is 16.7 Å². The van der Waals surface area contributed by atoms with Crippen LogP contribution in [0.3, 0.4) is 0 Å². The van der Waals surface area contributed by atoms with Gasteiger partial charge in [-0.05, 0) is 57.4 Å². The Morgan fingerprint density at radius 2 is 1.91 bits per heavy atom. The highest BCUT2D eigenvalue weighted by molar-refractivity contribution is 7.99. The van der Waals surface area contributed by atoms with E-state index in [0.29, 0.717) is 16.0 Å². The number of thioether (sulfide) groups is 1. The van der Waals surface area contributed by atoms with Gasteiger partial charge in [-0.15, -0.1) is 10.2 Å². The van der Waals surface area contributed by atoms with Crippen molar-refractivity contribution in [3.8, 4) is 5.69 Å². The maximum absolute atomic E-state index is 12.5. The molecule has 0 radical (unpaired) electrons. The highest BCUT2D eigenvalue weighted by atomic mass is 35.5. The molecule has 3 rings (SSSR count). The Balaban J connectivity index is 1.80. The molecule has 9 nitrogen and oxygen atoms in total. The van der Waals surface area contributed by atoms with Crippen LogP contribution in [-0.2, 0) is 4.79 Å². The van der Waals surface area contributed by atoms with Crippen LogP contribution in [0.1, 0.15) is 18.8 Å². The molecule has 1 unspecified atom stereocenters. The maximum Gasteiger partial charge on any atom is 0.289 e. The van der Waals surface area contributed by atoms with E-state index >= 15 is 0 Å². The van der Waals surface area contributed by atoms with Crippen LogP contribution in [-0.4, -0.2) is 50.3 Å². The van der Waals surface area contributed by atoms with Gasteiger partial charge in [0.1, 0.15) is 5.02 Å². The van der Waals surface area contributed by atoms with E-state index in [1.807, 2.05) is 42.6 Å². The Bertz CT molecular complexity index is 1140. The Hall–Kier alpha value is -2.66. The van der Waals surface area contributed by atoms with Crippen molar-refractivity contribution in [3.05, 3.63) is 68.4 Å². The van der Waals surface area contributed by atoms with E-state index in [0.717, 1.165) is 5.69 Å². The van der Waals surface area contributed by atoms with Crippen molar-refractivity contribution in [3.63, 3.8) is 0 Å². The van der Waals surface area contributed by atoms with E-state index in [9.17, 15) is 14.9 Å². The summed E-state index contributed by atoms with van der Waals surface area (Å²) < 4.78 is 1.88. The lowest BCUT2D eigenvalue weighted by atomic mass is 10.2. The molecular formula is C20H20Cl2N6O3S. The van der Waals surface area contributed by atoms with Gasteiger partial charge in [-0.1, -0.05) is 35.0 Å². The number of carbonyl (C=O) groups is 1. The maximum atomic E-state index is 12.5. The number of nitro benzene ring substituents is 1. The fourth-order valence-corrected chi connectivity index (χ4v) is 3.84. The van der Waals surface area contributed by atoms with E-state index in [4.69, 9.17) is 23.2 Å². The van der Waals surface area contributed by atoms with Gasteiger partial charge in [0.25, 0.3) is 5.69 Å². The highest BCUT2D eigenvalue weighted by Crippen LogP contribution is 2.29. The molecule has 32 heavy (non-hydrogen) atoms. The van der Waals surface area contributed by atoms with Crippen LogP contribution in [0.25, 0.3) is 5.69 Å². The zero-order valence-corrected chi connectivity index (χ0v) is 19.8. The summed E-state index contributed by atoms with van der Waals surface area (Å²) in [6, 6.07) is 11.3. The summed E-state index contributed by atoms with van der Waals surface area (Å²) in [5.41, 5.74) is 0.828. The SMILES string of the molecule is CC(c1nnc(SCC(=O)Nc2ccc(Cl)c([N+](=O)[O-])c2)n1-c1ccc(Cl)cc1)N(C)C. The zero-order chi connectivity index (χ0) is 23.4. The third-order valence-corrected chi connectivity index (χ3v) is 6.15. The summed E-state index contributed by atoms with van der Waals surface area (Å²) >= 11 is 13.0. The number of hydrogen-bond acceptors (Lipinski definition) is 7. The van der Waals surface area contributed by atoms with Gasteiger partial charge in [-0.25, -0.2) is 0 Å². The molecule has 0 bridgehead atoms. The number of aromatic nitrogens is 3. The molecule has 1 amide bonds. The lowest BCUT2D eigenvalue weighted by molar-refractivity contribution is -0.384. The summed E-state index contributed by atoms with van der Waals surface area (Å²) in [4.78, 5) is 24.9. The number of nitrogens with one attached hydrogen (secondary N) is 1. The fraction of sp³-hybridized carbons (Fsp3) is 0.250. The number of halogens is 2. The molecule has 0 spiro atoms. The number of nitrogens with zero attached hydrogens (tertiary/aromatic N) is 5. The number of rotatable bonds is 8. The van der Waals surface area contributed by atoms with E-state index in [-0.39, 0.29) is 34.1 Å². The summed E-state index contributed by atoms with van der Waals surface area (Å²) in [5, 5.41) is 23.4. The van der Waals surface area contributed by atoms with E-state index < -0.39 is 4.92 Å². The molecule has 12 heteroatoms. The second-order valence-corrected chi connectivity index (χ2v) is 8.84. The monoisotopic (exact) mass is 494 g/mol. The molecule has 0 saturated carbocycles. The summed E-state index contributed by atoms with van der Waals surface area (Å²) in [5.74, 6) is 0.395. The second kappa shape index (κ2) is 10.3. The number of carbonyl (C=O) groups excluding carboxylic acids is 1. The Morgan fingerprint density at radius 1 is 1.22 bits per heavy atom. The molecule has 1 atom stereocenters. The van der Waals surface area contributed by atoms with Crippen molar-refractivity contribution >= 4 is 52.2 Å². The minimum absolute atomic E-state index is 0.000909.